The molecule has 2 fully saturated rings. The molecule has 9 heteroatoms. The maximum atomic E-state index is 11.7. The van der Waals surface area contributed by atoms with Crippen molar-refractivity contribution < 1.29 is 7.65 Å². The predicted octanol–water partition coefficient (Wildman–Crippen LogP) is 5.26. The summed E-state index contributed by atoms with van der Waals surface area (Å²) in [6, 6.07) is 11.1. The predicted molar refractivity (Wildman–Crippen MR) is 152 cm³/mol. The number of aromatic nitrogens is 1. The smallest absolute Gasteiger partial charge is 0.315 e. The number of pyridine rings is 1. The monoisotopic (exact) mass is 536 g/mol. The van der Waals surface area contributed by atoms with Crippen LogP contribution in [-0.4, -0.2) is 72.2 Å². The van der Waals surface area contributed by atoms with E-state index in [0.717, 1.165) is 62.1 Å². The first kappa shape index (κ1) is 27.0. The van der Waals surface area contributed by atoms with E-state index in [-0.39, 0.29) is 8.88 Å². The van der Waals surface area contributed by atoms with Crippen molar-refractivity contribution in [2.75, 3.05) is 44.2 Å². The summed E-state index contributed by atoms with van der Waals surface area (Å²) in [4.78, 5) is 24.0. The van der Waals surface area contributed by atoms with Crippen molar-refractivity contribution in [3.8, 4) is 0 Å². The molecule has 2 amide bonds. The maximum Gasteiger partial charge on any atom is 0.315 e. The van der Waals surface area contributed by atoms with Gasteiger partial charge >= 0.3 is 6.03 Å². The largest absolute Gasteiger partial charge is 0.353 e. The first-order chi connectivity index (χ1) is 17.5. The average molecular weight is 538 g/mol. The zero-order chi connectivity index (χ0) is 25.5. The van der Waals surface area contributed by atoms with Crippen molar-refractivity contribution in [1.29, 1.82) is 0 Å². The second-order valence-electron chi connectivity index (χ2n) is 9.74. The van der Waals surface area contributed by atoms with Gasteiger partial charge in [0.1, 0.15) is 5.82 Å². The molecular formula is C27H42Cl2N6O. The number of likely N-dealkylation sites (tertiary alicyclic amines) is 1. The number of benzene rings is 1. The second-order valence-corrected chi connectivity index (χ2v) is 10.6. The van der Waals surface area contributed by atoms with Crippen LogP contribution in [0.5, 0.6) is 0 Å². The van der Waals surface area contributed by atoms with Crippen LogP contribution in [0.25, 0.3) is 0 Å². The van der Waals surface area contributed by atoms with Gasteiger partial charge in [0.25, 0.3) is 0 Å². The number of amides is 2. The van der Waals surface area contributed by atoms with E-state index < -0.39 is 0 Å². The Morgan fingerprint density at radius 2 is 1.81 bits per heavy atom. The van der Waals surface area contributed by atoms with Crippen molar-refractivity contribution in [3.63, 3.8) is 0 Å². The molecule has 0 radical (unpaired) electrons. The van der Waals surface area contributed by atoms with Crippen molar-refractivity contribution >= 4 is 35.1 Å². The van der Waals surface area contributed by atoms with Crippen molar-refractivity contribution in [2.45, 2.75) is 58.3 Å². The second kappa shape index (κ2) is 13.0. The Kier molecular flexibility index (Phi) is 9.71. The highest BCUT2D eigenvalue weighted by Crippen LogP contribution is 2.30. The average Bonchev–Trinajstić information content (AvgIpc) is 2.89. The maximum absolute atomic E-state index is 11.7. The van der Waals surface area contributed by atoms with Crippen molar-refractivity contribution in [3.05, 3.63) is 57.7 Å². The van der Waals surface area contributed by atoms with Crippen molar-refractivity contribution in [1.82, 2.24) is 25.4 Å². The minimum atomic E-state index is -0.185. The lowest BCUT2D eigenvalue weighted by Crippen LogP contribution is -2.58. The van der Waals surface area contributed by atoms with Crippen LogP contribution in [-0.2, 0) is 13.1 Å². The molecule has 4 rings (SSSR count). The normalized spacial score (nSPS) is 19.9. The summed E-state index contributed by atoms with van der Waals surface area (Å²) >= 11 is 12.7. The van der Waals surface area contributed by atoms with Crippen LogP contribution >= 0.6 is 23.2 Å². The Morgan fingerprint density at radius 3 is 2.47 bits per heavy atom. The third kappa shape index (κ3) is 7.03. The van der Waals surface area contributed by atoms with E-state index in [1.165, 1.54) is 18.4 Å². The Hall–Kier alpha value is -2.06. The zero-order valence-electron chi connectivity index (χ0n) is 21.4. The molecule has 2 aromatic rings. The standard InChI is InChI=1S/C27H38Cl2N6O.2H2/c1-3-23-19-34(26-25(29)15-21(16-31-26)17-32-27(36)30-4-2)13-14-35(23)24-9-11-33(12-10-24)18-20-5-7-22(28)8-6-20;;/h5-8,15-16,23-24H,3-4,9-14,17-19H2,1-2H3,(H2,30,32,36);2*1H/t23-;;/m0../s1. The Labute approximate surface area is 228 Å². The minimum Gasteiger partial charge on any atom is -0.353 e. The summed E-state index contributed by atoms with van der Waals surface area (Å²) in [5.74, 6) is 0.842. The molecule has 2 N–H and O–H groups in total. The fourth-order valence-corrected chi connectivity index (χ4v) is 5.80. The fraction of sp³-hybridized carbons (Fsp3) is 0.556. The molecule has 0 bridgehead atoms. The number of nitrogens with one attached hydrogen (secondary N) is 2. The van der Waals surface area contributed by atoms with Gasteiger partial charge < -0.3 is 15.5 Å². The molecule has 1 aromatic carbocycles. The first-order valence-electron chi connectivity index (χ1n) is 13.1. The summed E-state index contributed by atoms with van der Waals surface area (Å²) in [5.41, 5.74) is 2.22. The summed E-state index contributed by atoms with van der Waals surface area (Å²) in [6.07, 6.45) is 5.33. The van der Waals surface area contributed by atoms with Gasteiger partial charge in [-0.3, -0.25) is 9.80 Å². The van der Waals surface area contributed by atoms with Crippen LogP contribution in [0.1, 0.15) is 47.1 Å². The van der Waals surface area contributed by atoms with Gasteiger partial charge in [0.15, 0.2) is 0 Å². The van der Waals surface area contributed by atoms with Gasteiger partial charge in [-0.25, -0.2) is 9.78 Å². The van der Waals surface area contributed by atoms with Crippen LogP contribution in [0.2, 0.25) is 10.0 Å². The minimum absolute atomic E-state index is 0. The molecular weight excluding hydrogens is 495 g/mol. The van der Waals surface area contributed by atoms with E-state index in [1.54, 1.807) is 0 Å². The van der Waals surface area contributed by atoms with E-state index in [1.807, 2.05) is 31.3 Å². The molecule has 3 heterocycles. The van der Waals surface area contributed by atoms with Crippen LogP contribution in [0, 0.1) is 0 Å². The van der Waals surface area contributed by atoms with E-state index in [4.69, 9.17) is 23.2 Å². The first-order valence-corrected chi connectivity index (χ1v) is 13.9. The topological polar surface area (TPSA) is 63.7 Å². The SMILES string of the molecule is CCNC(=O)NCc1cnc(N2CCN(C3CCN(Cc4ccc(Cl)cc4)CC3)[C@@H](CC)C2)c(Cl)c1.[HH].[HH]. The lowest BCUT2D eigenvalue weighted by Gasteiger charge is -2.47. The summed E-state index contributed by atoms with van der Waals surface area (Å²) in [5, 5.41) is 6.99. The lowest BCUT2D eigenvalue weighted by molar-refractivity contribution is 0.0610. The zero-order valence-corrected chi connectivity index (χ0v) is 22.9. The Morgan fingerprint density at radius 1 is 1.06 bits per heavy atom. The molecule has 2 aliphatic rings. The van der Waals surface area contributed by atoms with E-state index >= 15 is 0 Å². The molecule has 0 unspecified atom stereocenters. The summed E-state index contributed by atoms with van der Waals surface area (Å²) < 4.78 is 0. The molecule has 0 saturated carbocycles. The van der Waals surface area contributed by atoms with Gasteiger partial charge in [-0.15, -0.1) is 0 Å². The molecule has 2 saturated heterocycles. The van der Waals surface area contributed by atoms with Crippen molar-refractivity contribution in [2.24, 2.45) is 0 Å². The summed E-state index contributed by atoms with van der Waals surface area (Å²) in [7, 11) is 0. The third-order valence-corrected chi connectivity index (χ3v) is 7.84. The summed E-state index contributed by atoms with van der Waals surface area (Å²) in [6.45, 7) is 11.3. The highest BCUT2D eigenvalue weighted by molar-refractivity contribution is 6.33. The number of carbonyl (C=O) groups excluding carboxylic acids is 1. The fourth-order valence-electron chi connectivity index (χ4n) is 5.37. The van der Waals surface area contributed by atoms with E-state index in [9.17, 15) is 4.79 Å². The number of nitrogens with zero attached hydrogens (tertiary/aromatic N) is 4. The molecule has 36 heavy (non-hydrogen) atoms. The molecule has 1 aromatic heterocycles. The van der Waals surface area contributed by atoms with Gasteiger partial charge in [-0.05, 0) is 68.6 Å². The highest BCUT2D eigenvalue weighted by atomic mass is 35.5. The molecule has 1 atom stereocenters. The number of carbonyl (C=O) groups is 1. The quantitative estimate of drug-likeness (QED) is 0.481. The highest BCUT2D eigenvalue weighted by Gasteiger charge is 2.33. The molecule has 0 spiro atoms. The number of rotatable bonds is 8. The van der Waals surface area contributed by atoms with Gasteiger partial charge in [-0.2, -0.15) is 0 Å². The van der Waals surface area contributed by atoms with Gasteiger partial charge in [0.05, 0.1) is 5.02 Å². The number of anilines is 1. The van der Waals surface area contributed by atoms with Crippen LogP contribution in [0.3, 0.4) is 0 Å². The number of halogens is 2. The van der Waals surface area contributed by atoms with Crippen LogP contribution < -0.4 is 15.5 Å². The van der Waals surface area contributed by atoms with Gasteiger partial charge in [0.2, 0.25) is 0 Å². The van der Waals surface area contributed by atoms with Gasteiger partial charge in [-0.1, -0.05) is 42.3 Å². The molecule has 7 nitrogen and oxygen atoms in total. The Bertz CT molecular complexity index is 1010. The number of urea groups is 1. The van der Waals surface area contributed by atoms with E-state index in [0.29, 0.717) is 30.2 Å². The Balaban J connectivity index is 0.00000253. The third-order valence-electron chi connectivity index (χ3n) is 7.31. The number of hydrogen-bond acceptors (Lipinski definition) is 5. The van der Waals surface area contributed by atoms with Crippen LogP contribution in [0.4, 0.5) is 10.6 Å². The van der Waals surface area contributed by atoms with E-state index in [2.05, 4.69) is 49.4 Å². The van der Waals surface area contributed by atoms with Gasteiger partial charge in [0, 0.05) is 65.4 Å². The molecule has 200 valence electrons. The molecule has 0 aliphatic carbocycles. The lowest BCUT2D eigenvalue weighted by atomic mass is 9.98. The molecule has 2 aliphatic heterocycles. The van der Waals surface area contributed by atoms with Crippen LogP contribution in [0.15, 0.2) is 36.5 Å². The number of piperidine rings is 1. The number of piperazine rings is 1. The number of hydrogen-bond donors (Lipinski definition) is 2.